The highest BCUT2D eigenvalue weighted by atomic mass is 19.4. The number of benzene rings is 2. The van der Waals surface area contributed by atoms with E-state index in [-0.39, 0.29) is 55.6 Å². The first-order valence-electron chi connectivity index (χ1n) is 13.1. The van der Waals surface area contributed by atoms with E-state index in [1.165, 1.54) is 12.3 Å². The summed E-state index contributed by atoms with van der Waals surface area (Å²) in [5.41, 5.74) is 0.675. The van der Waals surface area contributed by atoms with Crippen LogP contribution in [0.4, 0.5) is 13.2 Å². The van der Waals surface area contributed by atoms with Gasteiger partial charge in [-0.3, -0.25) is 14.5 Å². The maximum Gasteiger partial charge on any atom is 0.416 e. The van der Waals surface area contributed by atoms with E-state index in [0.29, 0.717) is 37.2 Å². The van der Waals surface area contributed by atoms with E-state index in [1.807, 2.05) is 29.2 Å². The van der Waals surface area contributed by atoms with Gasteiger partial charge in [0.05, 0.1) is 31.7 Å². The SMILES string of the molecule is CCOC(=O)C1CCCN(C(=O)c2coc(CN(Cc3cccc(C(F)(F)F)c3)Cc3ccccc3OC)n2)C1. The van der Waals surface area contributed by atoms with Gasteiger partial charge in [-0.2, -0.15) is 13.2 Å². The molecule has 0 aliphatic carbocycles. The zero-order valence-electron chi connectivity index (χ0n) is 22.4. The molecule has 214 valence electrons. The van der Waals surface area contributed by atoms with Crippen LogP contribution in [0.2, 0.25) is 0 Å². The second-order valence-corrected chi connectivity index (χ2v) is 9.62. The Balaban J connectivity index is 1.52. The van der Waals surface area contributed by atoms with Gasteiger partial charge in [0.1, 0.15) is 12.0 Å². The number of piperidine rings is 1. The molecule has 2 heterocycles. The first-order chi connectivity index (χ1) is 19.2. The summed E-state index contributed by atoms with van der Waals surface area (Å²) >= 11 is 0. The Bertz CT molecular complexity index is 1310. The molecule has 0 bridgehead atoms. The molecule has 11 heteroatoms. The fourth-order valence-electron chi connectivity index (χ4n) is 4.80. The lowest BCUT2D eigenvalue weighted by atomic mass is 9.98. The van der Waals surface area contributed by atoms with Gasteiger partial charge in [-0.1, -0.05) is 36.4 Å². The van der Waals surface area contributed by atoms with Crippen LogP contribution in [-0.4, -0.2) is 53.5 Å². The zero-order valence-corrected chi connectivity index (χ0v) is 22.4. The molecule has 3 aromatic rings. The number of oxazole rings is 1. The van der Waals surface area contributed by atoms with E-state index in [9.17, 15) is 22.8 Å². The Kier molecular flexibility index (Phi) is 9.46. The summed E-state index contributed by atoms with van der Waals surface area (Å²) in [5, 5.41) is 0. The summed E-state index contributed by atoms with van der Waals surface area (Å²) in [5.74, 6) is -0.168. The number of nitrogens with zero attached hydrogens (tertiary/aromatic N) is 3. The smallest absolute Gasteiger partial charge is 0.416 e. The normalized spacial score (nSPS) is 15.8. The van der Waals surface area contributed by atoms with Gasteiger partial charge in [-0.15, -0.1) is 0 Å². The van der Waals surface area contributed by atoms with Crippen LogP contribution < -0.4 is 4.74 Å². The quantitative estimate of drug-likeness (QED) is 0.311. The molecule has 8 nitrogen and oxygen atoms in total. The summed E-state index contributed by atoms with van der Waals surface area (Å²) in [6, 6.07) is 12.5. The summed E-state index contributed by atoms with van der Waals surface area (Å²) < 4.78 is 56.2. The lowest BCUT2D eigenvalue weighted by Gasteiger charge is -2.30. The summed E-state index contributed by atoms with van der Waals surface area (Å²) in [7, 11) is 1.55. The van der Waals surface area contributed by atoms with Gasteiger partial charge in [0.25, 0.3) is 5.91 Å². The predicted molar refractivity (Wildman–Crippen MR) is 139 cm³/mol. The van der Waals surface area contributed by atoms with Crippen LogP contribution in [0.15, 0.2) is 59.2 Å². The van der Waals surface area contributed by atoms with Crippen LogP contribution in [0, 0.1) is 5.92 Å². The van der Waals surface area contributed by atoms with E-state index in [2.05, 4.69) is 4.98 Å². The van der Waals surface area contributed by atoms with Crippen molar-refractivity contribution < 1.29 is 36.7 Å². The number of halogens is 3. The molecule has 0 radical (unpaired) electrons. The highest BCUT2D eigenvalue weighted by Gasteiger charge is 2.32. The topological polar surface area (TPSA) is 85.1 Å². The first kappa shape index (κ1) is 29.1. The number of likely N-dealkylation sites (tertiary alicyclic amines) is 1. The lowest BCUT2D eigenvalue weighted by molar-refractivity contribution is -0.149. The van der Waals surface area contributed by atoms with Crippen LogP contribution in [0.5, 0.6) is 5.75 Å². The van der Waals surface area contributed by atoms with Gasteiger partial charge in [-0.05, 0) is 37.5 Å². The molecule has 1 aromatic heterocycles. The van der Waals surface area contributed by atoms with Crippen molar-refractivity contribution in [2.45, 2.75) is 45.6 Å². The zero-order chi connectivity index (χ0) is 28.7. The molecular weight excluding hydrogens is 527 g/mol. The molecule has 40 heavy (non-hydrogen) atoms. The molecule has 2 aromatic carbocycles. The third kappa shape index (κ3) is 7.41. The number of alkyl halides is 3. The number of methoxy groups -OCH3 is 1. The molecule has 1 fully saturated rings. The van der Waals surface area contributed by atoms with Crippen LogP contribution >= 0.6 is 0 Å². The molecule has 4 rings (SSSR count). The molecule has 0 spiro atoms. The lowest BCUT2D eigenvalue weighted by Crippen LogP contribution is -2.43. The molecule has 1 amide bonds. The predicted octanol–water partition coefficient (Wildman–Crippen LogP) is 5.32. The van der Waals surface area contributed by atoms with Crippen molar-refractivity contribution in [1.29, 1.82) is 0 Å². The molecule has 1 atom stereocenters. The Hall–Kier alpha value is -3.86. The van der Waals surface area contributed by atoms with Gasteiger partial charge in [0.15, 0.2) is 5.69 Å². The minimum absolute atomic E-state index is 0.107. The number of esters is 1. The molecule has 1 aliphatic heterocycles. The highest BCUT2D eigenvalue weighted by molar-refractivity contribution is 5.92. The maximum atomic E-state index is 13.3. The monoisotopic (exact) mass is 559 g/mol. The van der Waals surface area contributed by atoms with Gasteiger partial charge < -0.3 is 18.8 Å². The van der Waals surface area contributed by atoms with E-state index >= 15 is 0 Å². The number of carbonyl (C=O) groups is 2. The van der Waals surface area contributed by atoms with Crippen molar-refractivity contribution in [2.75, 3.05) is 26.8 Å². The standard InChI is InChI=1S/C29H32F3N3O5/c1-3-39-28(37)22-10-7-13-35(17-22)27(36)24-19-40-26(33-24)18-34(16-21-9-4-5-12-25(21)38-2)15-20-8-6-11-23(14-20)29(30,31)32/h4-6,8-9,11-12,14,19,22H,3,7,10,13,15-18H2,1-2H3. The van der Waals surface area contributed by atoms with E-state index in [4.69, 9.17) is 13.9 Å². The number of hydrogen-bond acceptors (Lipinski definition) is 7. The van der Waals surface area contributed by atoms with Crippen LogP contribution in [0.3, 0.4) is 0 Å². The molecule has 0 saturated carbocycles. The Morgan fingerprint density at radius 3 is 2.67 bits per heavy atom. The summed E-state index contributed by atoms with van der Waals surface area (Å²) in [4.78, 5) is 33.1. The van der Waals surface area contributed by atoms with Crippen molar-refractivity contribution >= 4 is 11.9 Å². The number of aromatic nitrogens is 1. The van der Waals surface area contributed by atoms with E-state index < -0.39 is 11.7 Å². The number of hydrogen-bond donors (Lipinski definition) is 0. The van der Waals surface area contributed by atoms with Crippen molar-refractivity contribution in [3.05, 3.63) is 83.1 Å². The van der Waals surface area contributed by atoms with Crippen LogP contribution in [0.25, 0.3) is 0 Å². The van der Waals surface area contributed by atoms with Crippen molar-refractivity contribution in [2.24, 2.45) is 5.92 Å². The third-order valence-corrected chi connectivity index (χ3v) is 6.71. The van der Waals surface area contributed by atoms with Gasteiger partial charge in [0.2, 0.25) is 5.89 Å². The average Bonchev–Trinajstić information content (AvgIpc) is 3.41. The molecular formula is C29H32F3N3O5. The van der Waals surface area contributed by atoms with E-state index in [1.54, 1.807) is 25.0 Å². The van der Waals surface area contributed by atoms with Crippen molar-refractivity contribution in [1.82, 2.24) is 14.8 Å². The Morgan fingerprint density at radius 2 is 1.93 bits per heavy atom. The fourth-order valence-corrected chi connectivity index (χ4v) is 4.80. The fraction of sp³-hybridized carbons (Fsp3) is 0.414. The van der Waals surface area contributed by atoms with Gasteiger partial charge >= 0.3 is 12.1 Å². The van der Waals surface area contributed by atoms with Crippen molar-refractivity contribution in [3.63, 3.8) is 0 Å². The minimum atomic E-state index is -4.46. The number of ether oxygens (including phenoxy) is 2. The third-order valence-electron chi connectivity index (χ3n) is 6.71. The number of para-hydroxylation sites is 1. The summed E-state index contributed by atoms with van der Waals surface area (Å²) in [6.07, 6.45) is -1.86. The first-order valence-corrected chi connectivity index (χ1v) is 13.1. The largest absolute Gasteiger partial charge is 0.496 e. The second-order valence-electron chi connectivity index (χ2n) is 9.62. The van der Waals surface area contributed by atoms with Crippen molar-refractivity contribution in [3.8, 4) is 5.75 Å². The number of carbonyl (C=O) groups excluding carboxylic acids is 2. The molecule has 1 saturated heterocycles. The Labute approximate surface area is 230 Å². The highest BCUT2D eigenvalue weighted by Crippen LogP contribution is 2.30. The Morgan fingerprint density at radius 1 is 1.12 bits per heavy atom. The maximum absolute atomic E-state index is 13.3. The molecule has 1 aliphatic rings. The van der Waals surface area contributed by atoms with Crippen LogP contribution in [-0.2, 0) is 35.3 Å². The van der Waals surface area contributed by atoms with Crippen LogP contribution in [0.1, 0.15) is 52.8 Å². The minimum Gasteiger partial charge on any atom is -0.496 e. The average molecular weight is 560 g/mol. The van der Waals surface area contributed by atoms with Gasteiger partial charge in [-0.25, -0.2) is 4.98 Å². The number of rotatable bonds is 10. The van der Waals surface area contributed by atoms with E-state index in [0.717, 1.165) is 17.7 Å². The number of amides is 1. The second kappa shape index (κ2) is 13.0. The van der Waals surface area contributed by atoms with Gasteiger partial charge in [0, 0.05) is 31.7 Å². The summed E-state index contributed by atoms with van der Waals surface area (Å²) in [6.45, 7) is 3.39. The molecule has 1 unspecified atom stereocenters. The molecule has 0 N–H and O–H groups in total.